The molecule has 4 heteroatoms. The molecule has 1 aromatic heterocycles. The Morgan fingerprint density at radius 2 is 2.58 bits per heavy atom. The minimum atomic E-state index is 0.566. The highest BCUT2D eigenvalue weighted by Crippen LogP contribution is 1.92. The van der Waals surface area contributed by atoms with Crippen molar-refractivity contribution in [1.29, 1.82) is 0 Å². The van der Waals surface area contributed by atoms with Crippen LogP contribution >= 0.6 is 0 Å². The quantitative estimate of drug-likeness (QED) is 0.504. The van der Waals surface area contributed by atoms with Crippen LogP contribution in [0.25, 0.3) is 0 Å². The average molecular weight is 164 g/mol. The highest BCUT2D eigenvalue weighted by Gasteiger charge is 1.99. The number of hydrogen-bond acceptors (Lipinski definition) is 3. The second kappa shape index (κ2) is 4.52. The first-order valence-corrected chi connectivity index (χ1v) is 3.89. The fourth-order valence-corrected chi connectivity index (χ4v) is 0.926. The van der Waals surface area contributed by atoms with E-state index < -0.39 is 0 Å². The standard InChI is InChI=1S/C8H12N4/c1-3-5-9-6-8-11-10-7-12(8)4-2/h1,7,9H,4-6H2,2H3. The molecular weight excluding hydrogens is 152 g/mol. The molecule has 1 heterocycles. The van der Waals surface area contributed by atoms with Crippen molar-refractivity contribution in [2.24, 2.45) is 0 Å². The average Bonchev–Trinajstić information content (AvgIpc) is 2.52. The monoisotopic (exact) mass is 164 g/mol. The maximum Gasteiger partial charge on any atom is 0.146 e. The Kier molecular flexibility index (Phi) is 3.30. The molecule has 0 aliphatic heterocycles. The lowest BCUT2D eigenvalue weighted by atomic mass is 10.5. The molecule has 64 valence electrons. The van der Waals surface area contributed by atoms with Crippen LogP contribution in [0.5, 0.6) is 0 Å². The van der Waals surface area contributed by atoms with Gasteiger partial charge in [-0.1, -0.05) is 5.92 Å². The lowest BCUT2D eigenvalue weighted by molar-refractivity contribution is 0.643. The Balaban J connectivity index is 2.46. The van der Waals surface area contributed by atoms with Gasteiger partial charge in [-0.25, -0.2) is 0 Å². The molecule has 4 nitrogen and oxygen atoms in total. The molecule has 1 N–H and O–H groups in total. The summed E-state index contributed by atoms with van der Waals surface area (Å²) in [6.45, 7) is 4.18. The molecule has 0 aromatic carbocycles. The predicted molar refractivity (Wildman–Crippen MR) is 46.2 cm³/mol. The molecule has 0 amide bonds. The zero-order valence-electron chi connectivity index (χ0n) is 7.12. The summed E-state index contributed by atoms with van der Waals surface area (Å²) in [7, 11) is 0. The summed E-state index contributed by atoms with van der Waals surface area (Å²) < 4.78 is 1.98. The van der Waals surface area contributed by atoms with Crippen LogP contribution in [0.4, 0.5) is 0 Å². The van der Waals surface area contributed by atoms with Crippen LogP contribution in [0.1, 0.15) is 12.7 Å². The van der Waals surface area contributed by atoms with Crippen LogP contribution in [-0.4, -0.2) is 21.3 Å². The second-order valence-electron chi connectivity index (χ2n) is 2.34. The van der Waals surface area contributed by atoms with Crippen LogP contribution in [0.15, 0.2) is 6.33 Å². The van der Waals surface area contributed by atoms with E-state index in [4.69, 9.17) is 6.42 Å². The van der Waals surface area contributed by atoms with Gasteiger partial charge in [-0.15, -0.1) is 16.6 Å². The molecule has 0 unspecified atom stereocenters. The summed E-state index contributed by atoms with van der Waals surface area (Å²) >= 11 is 0. The van der Waals surface area contributed by atoms with Gasteiger partial charge in [-0.05, 0) is 6.92 Å². The fraction of sp³-hybridized carbons (Fsp3) is 0.500. The molecule has 0 bridgehead atoms. The van der Waals surface area contributed by atoms with Crippen LogP contribution in [0.3, 0.4) is 0 Å². The van der Waals surface area contributed by atoms with Crippen LogP contribution in [0, 0.1) is 12.3 Å². The van der Waals surface area contributed by atoms with E-state index in [0.717, 1.165) is 12.4 Å². The molecule has 0 saturated heterocycles. The van der Waals surface area contributed by atoms with Crippen molar-refractivity contribution in [2.75, 3.05) is 6.54 Å². The minimum absolute atomic E-state index is 0.566. The minimum Gasteiger partial charge on any atom is -0.317 e. The van der Waals surface area contributed by atoms with E-state index in [9.17, 15) is 0 Å². The summed E-state index contributed by atoms with van der Waals surface area (Å²) in [5, 5.41) is 10.8. The Morgan fingerprint density at radius 3 is 3.25 bits per heavy atom. The van der Waals surface area contributed by atoms with Gasteiger partial charge in [0.2, 0.25) is 0 Å². The number of nitrogens with one attached hydrogen (secondary N) is 1. The van der Waals surface area contributed by atoms with Crippen LogP contribution in [-0.2, 0) is 13.1 Å². The number of rotatable bonds is 4. The van der Waals surface area contributed by atoms with Gasteiger partial charge in [0.05, 0.1) is 13.1 Å². The topological polar surface area (TPSA) is 42.7 Å². The number of hydrogen-bond donors (Lipinski definition) is 1. The molecule has 0 spiro atoms. The first kappa shape index (κ1) is 8.75. The maximum atomic E-state index is 5.08. The molecule has 1 rings (SSSR count). The number of terminal acetylenes is 1. The van der Waals surface area contributed by atoms with Crippen molar-refractivity contribution in [1.82, 2.24) is 20.1 Å². The predicted octanol–water partition coefficient (Wildman–Crippen LogP) is 0.0208. The van der Waals surface area contributed by atoms with Crippen molar-refractivity contribution in [2.45, 2.75) is 20.0 Å². The summed E-state index contributed by atoms with van der Waals surface area (Å²) in [6.07, 6.45) is 6.80. The SMILES string of the molecule is C#CCNCc1nncn1CC. The molecule has 0 aliphatic carbocycles. The molecule has 0 aliphatic rings. The van der Waals surface area contributed by atoms with Gasteiger partial charge in [0.25, 0.3) is 0 Å². The molecule has 0 fully saturated rings. The summed E-state index contributed by atoms with van der Waals surface area (Å²) in [4.78, 5) is 0. The highest BCUT2D eigenvalue weighted by molar-refractivity contribution is 4.90. The van der Waals surface area contributed by atoms with Gasteiger partial charge in [0.15, 0.2) is 0 Å². The molecular formula is C8H12N4. The lowest BCUT2D eigenvalue weighted by Crippen LogP contribution is -2.16. The van der Waals surface area contributed by atoms with Crippen molar-refractivity contribution >= 4 is 0 Å². The molecule has 0 saturated carbocycles. The van der Waals surface area contributed by atoms with Gasteiger partial charge in [0, 0.05) is 6.54 Å². The van der Waals surface area contributed by atoms with Crippen molar-refractivity contribution in [3.8, 4) is 12.3 Å². The molecule has 1 aromatic rings. The van der Waals surface area contributed by atoms with E-state index in [2.05, 4.69) is 21.4 Å². The first-order chi connectivity index (χ1) is 5.88. The summed E-state index contributed by atoms with van der Waals surface area (Å²) in [6, 6.07) is 0. The van der Waals surface area contributed by atoms with Gasteiger partial charge in [0.1, 0.15) is 12.2 Å². The van der Waals surface area contributed by atoms with E-state index in [1.807, 2.05) is 11.5 Å². The Morgan fingerprint density at radius 1 is 1.75 bits per heavy atom. The first-order valence-electron chi connectivity index (χ1n) is 3.89. The van der Waals surface area contributed by atoms with Gasteiger partial charge < -0.3 is 4.57 Å². The van der Waals surface area contributed by atoms with E-state index >= 15 is 0 Å². The third-order valence-electron chi connectivity index (χ3n) is 1.55. The summed E-state index contributed by atoms with van der Waals surface area (Å²) in [5.74, 6) is 3.42. The normalized spacial score (nSPS) is 9.67. The third kappa shape index (κ3) is 2.07. The molecule has 12 heavy (non-hydrogen) atoms. The highest BCUT2D eigenvalue weighted by atomic mass is 15.3. The lowest BCUT2D eigenvalue weighted by Gasteiger charge is -2.01. The zero-order chi connectivity index (χ0) is 8.81. The number of aromatic nitrogens is 3. The number of aryl methyl sites for hydroxylation is 1. The number of nitrogens with zero attached hydrogens (tertiary/aromatic N) is 3. The van der Waals surface area contributed by atoms with E-state index in [1.165, 1.54) is 0 Å². The van der Waals surface area contributed by atoms with Crippen molar-refractivity contribution < 1.29 is 0 Å². The van der Waals surface area contributed by atoms with Gasteiger partial charge in [-0.3, -0.25) is 5.32 Å². The van der Waals surface area contributed by atoms with Gasteiger partial charge in [-0.2, -0.15) is 0 Å². The summed E-state index contributed by atoms with van der Waals surface area (Å²) in [5.41, 5.74) is 0. The van der Waals surface area contributed by atoms with Crippen LogP contribution in [0.2, 0.25) is 0 Å². The largest absolute Gasteiger partial charge is 0.317 e. The van der Waals surface area contributed by atoms with E-state index in [0.29, 0.717) is 13.1 Å². The molecule has 0 atom stereocenters. The van der Waals surface area contributed by atoms with E-state index in [1.54, 1.807) is 6.33 Å². The smallest absolute Gasteiger partial charge is 0.146 e. The van der Waals surface area contributed by atoms with Crippen molar-refractivity contribution in [3.05, 3.63) is 12.2 Å². The Hall–Kier alpha value is -1.34. The maximum absolute atomic E-state index is 5.08. The van der Waals surface area contributed by atoms with E-state index in [-0.39, 0.29) is 0 Å². The zero-order valence-corrected chi connectivity index (χ0v) is 7.12. The van der Waals surface area contributed by atoms with Crippen LogP contribution < -0.4 is 5.32 Å². The third-order valence-corrected chi connectivity index (χ3v) is 1.55. The molecule has 0 radical (unpaired) electrons. The van der Waals surface area contributed by atoms with Gasteiger partial charge >= 0.3 is 0 Å². The Labute approximate surface area is 72.0 Å². The Bertz CT molecular complexity index is 271. The van der Waals surface area contributed by atoms with Crippen molar-refractivity contribution in [3.63, 3.8) is 0 Å². The fourth-order valence-electron chi connectivity index (χ4n) is 0.926. The second-order valence-corrected chi connectivity index (χ2v) is 2.34.